The molecule has 0 saturated carbocycles. The molecule has 0 aliphatic carbocycles. The summed E-state index contributed by atoms with van der Waals surface area (Å²) in [5, 5.41) is 10.6. The number of sulfonamides is 1. The number of rotatable bonds is 5. The second-order valence-electron chi connectivity index (χ2n) is 5.29. The van der Waals surface area contributed by atoms with E-state index in [-0.39, 0.29) is 29.6 Å². The molecule has 2 rings (SSSR count). The van der Waals surface area contributed by atoms with Gasteiger partial charge >= 0.3 is 0 Å². The number of amides is 1. The maximum Gasteiger partial charge on any atom is 0.269 e. The first-order valence-electron chi connectivity index (χ1n) is 7.38. The summed E-state index contributed by atoms with van der Waals surface area (Å²) in [6.45, 7) is 3.12. The summed E-state index contributed by atoms with van der Waals surface area (Å²) < 4.78 is 26.4. The van der Waals surface area contributed by atoms with Crippen molar-refractivity contribution in [2.24, 2.45) is 0 Å². The number of non-ortho nitro benzene ring substituents is 1. The number of nitro benzene ring substituents is 1. The molecule has 1 amide bonds. The highest BCUT2D eigenvalue weighted by molar-refractivity contribution is 7.89. The molecule has 0 atom stereocenters. The zero-order valence-corrected chi connectivity index (χ0v) is 13.7. The van der Waals surface area contributed by atoms with E-state index in [1.165, 1.54) is 28.6 Å². The van der Waals surface area contributed by atoms with Gasteiger partial charge in [-0.05, 0) is 18.6 Å². The van der Waals surface area contributed by atoms with Gasteiger partial charge in [-0.1, -0.05) is 6.92 Å². The minimum absolute atomic E-state index is 0.0245. The Bertz CT molecular complexity index is 679. The predicted octanol–water partition coefficient (Wildman–Crippen LogP) is 1.23. The zero-order chi connectivity index (χ0) is 17.0. The van der Waals surface area contributed by atoms with Gasteiger partial charge < -0.3 is 4.90 Å². The molecule has 0 unspecified atom stereocenters. The molecule has 1 fully saturated rings. The normalized spacial score (nSPS) is 16.3. The van der Waals surface area contributed by atoms with Gasteiger partial charge in [0.2, 0.25) is 15.9 Å². The molecule has 126 valence electrons. The van der Waals surface area contributed by atoms with Crippen LogP contribution in [0.4, 0.5) is 5.69 Å². The van der Waals surface area contributed by atoms with Crippen LogP contribution in [-0.4, -0.2) is 54.6 Å². The quantitative estimate of drug-likeness (QED) is 0.592. The van der Waals surface area contributed by atoms with Crippen LogP contribution in [0.5, 0.6) is 0 Å². The summed E-state index contributed by atoms with van der Waals surface area (Å²) in [5.74, 6) is 0.0416. The highest BCUT2D eigenvalue weighted by Gasteiger charge is 2.30. The minimum atomic E-state index is -3.69. The molecule has 1 aromatic rings. The molecule has 1 saturated heterocycles. The highest BCUT2D eigenvalue weighted by atomic mass is 32.2. The van der Waals surface area contributed by atoms with Crippen molar-refractivity contribution >= 4 is 21.6 Å². The monoisotopic (exact) mass is 341 g/mol. The van der Waals surface area contributed by atoms with Crippen LogP contribution in [0.2, 0.25) is 0 Å². The average molecular weight is 341 g/mol. The van der Waals surface area contributed by atoms with Crippen LogP contribution < -0.4 is 0 Å². The van der Waals surface area contributed by atoms with Gasteiger partial charge in [0, 0.05) is 44.7 Å². The summed E-state index contributed by atoms with van der Waals surface area (Å²) in [4.78, 5) is 23.6. The second kappa shape index (κ2) is 7.05. The number of nitrogens with zero attached hydrogens (tertiary/aromatic N) is 3. The van der Waals surface area contributed by atoms with Gasteiger partial charge in [0.25, 0.3) is 5.69 Å². The van der Waals surface area contributed by atoms with E-state index in [4.69, 9.17) is 0 Å². The summed E-state index contributed by atoms with van der Waals surface area (Å²) in [5.41, 5.74) is -0.154. The minimum Gasteiger partial charge on any atom is -0.340 e. The number of piperazine rings is 1. The third kappa shape index (κ3) is 3.85. The Hall–Kier alpha value is -2.00. The Balaban J connectivity index is 2.07. The summed E-state index contributed by atoms with van der Waals surface area (Å²) in [7, 11) is -3.69. The van der Waals surface area contributed by atoms with Crippen molar-refractivity contribution in [1.29, 1.82) is 0 Å². The predicted molar refractivity (Wildman–Crippen MR) is 83.3 cm³/mol. The van der Waals surface area contributed by atoms with Crippen molar-refractivity contribution < 1.29 is 18.1 Å². The van der Waals surface area contributed by atoms with Gasteiger partial charge in [-0.3, -0.25) is 14.9 Å². The average Bonchev–Trinajstić information content (AvgIpc) is 2.55. The van der Waals surface area contributed by atoms with Crippen molar-refractivity contribution in [3.05, 3.63) is 34.4 Å². The Morgan fingerprint density at radius 3 is 2.22 bits per heavy atom. The molecule has 1 aromatic carbocycles. The van der Waals surface area contributed by atoms with Crippen LogP contribution in [0.3, 0.4) is 0 Å². The van der Waals surface area contributed by atoms with Crippen LogP contribution in [0, 0.1) is 10.1 Å². The maximum absolute atomic E-state index is 12.5. The van der Waals surface area contributed by atoms with Crippen LogP contribution in [0.15, 0.2) is 29.2 Å². The maximum atomic E-state index is 12.5. The SMILES string of the molecule is CCCC(=O)N1CCN(S(=O)(=O)c2ccc([N+](=O)[O-])cc2)CC1. The number of hydrogen-bond donors (Lipinski definition) is 0. The lowest BCUT2D eigenvalue weighted by atomic mass is 10.2. The molecule has 1 aliphatic heterocycles. The second-order valence-corrected chi connectivity index (χ2v) is 7.22. The number of carbonyl (C=O) groups excluding carboxylic acids is 1. The molecule has 0 bridgehead atoms. The first kappa shape index (κ1) is 17.4. The lowest BCUT2D eigenvalue weighted by Gasteiger charge is -2.34. The Morgan fingerprint density at radius 2 is 1.74 bits per heavy atom. The number of hydrogen-bond acceptors (Lipinski definition) is 5. The van der Waals surface area contributed by atoms with Crippen LogP contribution >= 0.6 is 0 Å². The fourth-order valence-electron chi connectivity index (χ4n) is 2.44. The smallest absolute Gasteiger partial charge is 0.269 e. The molecular formula is C14H19N3O5S. The van der Waals surface area contributed by atoms with Gasteiger partial charge in [0.1, 0.15) is 0 Å². The van der Waals surface area contributed by atoms with Gasteiger partial charge in [-0.15, -0.1) is 0 Å². The number of benzene rings is 1. The summed E-state index contributed by atoms with van der Waals surface area (Å²) in [6.07, 6.45) is 1.23. The van der Waals surface area contributed by atoms with Gasteiger partial charge in [0.15, 0.2) is 0 Å². The first-order valence-corrected chi connectivity index (χ1v) is 8.82. The van der Waals surface area contributed by atoms with Gasteiger partial charge in [-0.25, -0.2) is 8.42 Å². The van der Waals surface area contributed by atoms with E-state index >= 15 is 0 Å². The molecule has 9 heteroatoms. The molecule has 0 radical (unpaired) electrons. The highest BCUT2D eigenvalue weighted by Crippen LogP contribution is 2.21. The Morgan fingerprint density at radius 1 is 1.17 bits per heavy atom. The number of carbonyl (C=O) groups is 1. The van der Waals surface area contributed by atoms with Crippen molar-refractivity contribution in [2.45, 2.75) is 24.7 Å². The molecule has 0 spiro atoms. The van der Waals surface area contributed by atoms with Gasteiger partial charge in [-0.2, -0.15) is 4.31 Å². The molecule has 0 aromatic heterocycles. The van der Waals surface area contributed by atoms with E-state index in [1.54, 1.807) is 4.90 Å². The van der Waals surface area contributed by atoms with Crippen molar-refractivity contribution in [1.82, 2.24) is 9.21 Å². The van der Waals surface area contributed by atoms with Gasteiger partial charge in [0.05, 0.1) is 9.82 Å². The van der Waals surface area contributed by atoms with Crippen molar-refractivity contribution in [2.75, 3.05) is 26.2 Å². The summed E-state index contributed by atoms with van der Waals surface area (Å²) >= 11 is 0. The van der Waals surface area contributed by atoms with E-state index < -0.39 is 14.9 Å². The van der Waals surface area contributed by atoms with Crippen LogP contribution in [0.25, 0.3) is 0 Å². The molecule has 8 nitrogen and oxygen atoms in total. The lowest BCUT2D eigenvalue weighted by Crippen LogP contribution is -2.50. The fourth-order valence-corrected chi connectivity index (χ4v) is 3.86. The Kier molecular flexibility index (Phi) is 5.32. The van der Waals surface area contributed by atoms with Crippen LogP contribution in [-0.2, 0) is 14.8 Å². The third-order valence-corrected chi connectivity index (χ3v) is 5.65. The number of nitro groups is 1. The zero-order valence-electron chi connectivity index (χ0n) is 12.8. The molecule has 1 heterocycles. The van der Waals surface area contributed by atoms with Crippen molar-refractivity contribution in [3.63, 3.8) is 0 Å². The third-order valence-electron chi connectivity index (χ3n) is 3.74. The Labute approximate surface area is 134 Å². The molecule has 1 aliphatic rings. The van der Waals surface area contributed by atoms with Crippen LogP contribution in [0.1, 0.15) is 19.8 Å². The van der Waals surface area contributed by atoms with E-state index in [0.29, 0.717) is 19.5 Å². The van der Waals surface area contributed by atoms with E-state index in [1.807, 2.05) is 6.92 Å². The van der Waals surface area contributed by atoms with E-state index in [0.717, 1.165) is 6.42 Å². The van der Waals surface area contributed by atoms with Crippen molar-refractivity contribution in [3.8, 4) is 0 Å². The lowest BCUT2D eigenvalue weighted by molar-refractivity contribution is -0.384. The fraction of sp³-hybridized carbons (Fsp3) is 0.500. The topological polar surface area (TPSA) is 101 Å². The van der Waals surface area contributed by atoms with E-state index in [2.05, 4.69) is 0 Å². The molecular weight excluding hydrogens is 322 g/mol. The molecule has 23 heavy (non-hydrogen) atoms. The summed E-state index contributed by atoms with van der Waals surface area (Å²) in [6, 6.07) is 4.83. The first-order chi connectivity index (χ1) is 10.9. The molecule has 0 N–H and O–H groups in total. The standard InChI is InChI=1S/C14H19N3O5S/c1-2-3-14(18)15-8-10-16(11-9-15)23(21,22)13-6-4-12(5-7-13)17(19)20/h4-7H,2-3,8-11H2,1H3. The van der Waals surface area contributed by atoms with E-state index in [9.17, 15) is 23.3 Å². The largest absolute Gasteiger partial charge is 0.340 e.